The third kappa shape index (κ3) is 6.31. The van der Waals surface area contributed by atoms with Crippen LogP contribution in [-0.2, 0) is 16.2 Å². The third-order valence-corrected chi connectivity index (χ3v) is 17.4. The summed E-state index contributed by atoms with van der Waals surface area (Å²) >= 11 is 0. The molecule has 68 heavy (non-hydrogen) atoms. The molecule has 14 rings (SSSR count). The van der Waals surface area contributed by atoms with Gasteiger partial charge in [-0.15, -0.1) is 0 Å². The van der Waals surface area contributed by atoms with Crippen LogP contribution in [-0.4, -0.2) is 0 Å². The van der Waals surface area contributed by atoms with Crippen LogP contribution in [0.4, 0.5) is 0 Å². The highest BCUT2D eigenvalue weighted by Crippen LogP contribution is 2.64. The molecule has 8 aromatic carbocycles. The molecule has 0 amide bonds. The Morgan fingerprint density at radius 1 is 0.221 bits per heavy atom. The molecule has 2 fully saturated rings. The number of hydrogen-bond donors (Lipinski definition) is 0. The molecule has 0 radical (unpaired) electrons. The normalized spacial score (nSPS) is 16.9. The minimum absolute atomic E-state index is 0.217. The molecular weight excluding hydrogens is 817 g/mol. The number of aryl methyl sites for hydroxylation is 8. The van der Waals surface area contributed by atoms with Gasteiger partial charge in [-0.2, -0.15) is 0 Å². The van der Waals surface area contributed by atoms with E-state index in [-0.39, 0.29) is 5.41 Å². The Morgan fingerprint density at radius 2 is 0.397 bits per heavy atom. The third-order valence-electron chi connectivity index (χ3n) is 17.4. The van der Waals surface area contributed by atoms with Crippen molar-refractivity contribution >= 4 is 0 Å². The molecule has 3 spiro atoms. The van der Waals surface area contributed by atoms with E-state index < -0.39 is 0 Å². The van der Waals surface area contributed by atoms with Crippen molar-refractivity contribution in [2.24, 2.45) is 0 Å². The molecule has 0 atom stereocenters. The van der Waals surface area contributed by atoms with E-state index in [2.05, 4.69) is 201 Å². The standard InChI is InChI=1S/C29H24.C20H22.C19H20/c1-17-5-9-21-22-10-6-18(2)14-26(22)29(25(21)13-17)27-15-19(3)7-11-23(27)24-12-8-20(4)16-28(24)29;1-14-6-8-16-17-9-7-15(2)13-19(17)20(18(16)12-14)10-4-3-5-11-20;1-13-5-7-15-16-8-6-14(2)12-18(16)19(17(15)11-13)9-3-4-10-19/h5-16H,1-4H3;6-9,12-13H,3-5,10-11H2,1-2H3;5-8,11-12H,3-4,9-10H2,1-2H3. The van der Waals surface area contributed by atoms with E-state index in [9.17, 15) is 0 Å². The van der Waals surface area contributed by atoms with E-state index >= 15 is 0 Å². The van der Waals surface area contributed by atoms with E-state index in [0.29, 0.717) is 10.8 Å². The van der Waals surface area contributed by atoms with Gasteiger partial charge in [0.2, 0.25) is 0 Å². The summed E-state index contributed by atoms with van der Waals surface area (Å²) in [5, 5.41) is 0. The van der Waals surface area contributed by atoms with Crippen molar-refractivity contribution < 1.29 is 0 Å². The molecule has 8 aromatic rings. The fourth-order valence-corrected chi connectivity index (χ4v) is 14.3. The smallest absolute Gasteiger partial charge is 0.0587 e. The highest BCUT2D eigenvalue weighted by atomic mass is 14.5. The molecule has 0 heterocycles. The topological polar surface area (TPSA) is 0 Å². The first-order valence-electron chi connectivity index (χ1n) is 25.8. The first kappa shape index (κ1) is 43.1. The number of benzene rings is 8. The molecule has 0 heteroatoms. The molecule has 0 N–H and O–H groups in total. The number of fused-ring (bicyclic) bond motifs is 20. The zero-order valence-electron chi connectivity index (χ0n) is 41.7. The van der Waals surface area contributed by atoms with Crippen LogP contribution in [0.2, 0.25) is 0 Å². The van der Waals surface area contributed by atoms with Crippen molar-refractivity contribution in [2.45, 2.75) is 129 Å². The van der Waals surface area contributed by atoms with Crippen LogP contribution in [0.5, 0.6) is 0 Å². The van der Waals surface area contributed by atoms with Crippen molar-refractivity contribution in [3.8, 4) is 44.5 Å². The maximum absolute atomic E-state index is 2.45. The lowest BCUT2D eigenvalue weighted by Gasteiger charge is -2.36. The second-order valence-corrected chi connectivity index (χ2v) is 22.1. The Hall–Kier alpha value is -6.24. The largest absolute Gasteiger partial charge is 0.0725 e. The monoisotopic (exact) mass is 883 g/mol. The van der Waals surface area contributed by atoms with E-state index in [1.165, 1.54) is 169 Å². The van der Waals surface area contributed by atoms with Gasteiger partial charge in [-0.25, -0.2) is 0 Å². The van der Waals surface area contributed by atoms with Crippen LogP contribution in [0, 0.1) is 55.4 Å². The van der Waals surface area contributed by atoms with Crippen molar-refractivity contribution in [3.05, 3.63) is 235 Å². The minimum Gasteiger partial charge on any atom is -0.0587 e. The lowest BCUT2D eigenvalue weighted by Crippen LogP contribution is -2.28. The van der Waals surface area contributed by atoms with Crippen molar-refractivity contribution in [3.63, 3.8) is 0 Å². The number of rotatable bonds is 0. The van der Waals surface area contributed by atoms with Gasteiger partial charge in [0.05, 0.1) is 5.41 Å². The van der Waals surface area contributed by atoms with Gasteiger partial charge in [-0.1, -0.05) is 222 Å². The molecular formula is C68H66. The average molecular weight is 883 g/mol. The van der Waals surface area contributed by atoms with Gasteiger partial charge < -0.3 is 0 Å². The predicted octanol–water partition coefficient (Wildman–Crippen LogP) is 17.9. The second-order valence-electron chi connectivity index (χ2n) is 22.1. The summed E-state index contributed by atoms with van der Waals surface area (Å²) in [6.07, 6.45) is 12.2. The highest BCUT2D eigenvalue weighted by molar-refractivity contribution is 5.95. The summed E-state index contributed by atoms with van der Waals surface area (Å²) in [6.45, 7) is 17.7. The van der Waals surface area contributed by atoms with Crippen LogP contribution in [0.3, 0.4) is 0 Å². The highest BCUT2D eigenvalue weighted by Gasteiger charge is 2.52. The maximum Gasteiger partial charge on any atom is 0.0725 e. The zero-order chi connectivity index (χ0) is 46.7. The van der Waals surface area contributed by atoms with Crippen LogP contribution in [0.15, 0.2) is 146 Å². The lowest BCUT2D eigenvalue weighted by atomic mass is 9.67. The quantitative estimate of drug-likeness (QED) is 0.142. The first-order valence-corrected chi connectivity index (χ1v) is 25.8. The molecule has 0 nitrogen and oxygen atoms in total. The van der Waals surface area contributed by atoms with Crippen molar-refractivity contribution in [1.82, 2.24) is 0 Å². The van der Waals surface area contributed by atoms with Crippen LogP contribution < -0.4 is 0 Å². The Kier molecular flexibility index (Phi) is 10.1. The summed E-state index contributed by atoms with van der Waals surface area (Å²) in [6, 6.07) is 56.3. The fraction of sp³-hybridized carbons (Fsp3) is 0.294. The Labute approximate surface area is 406 Å². The Balaban J connectivity index is 0.000000109. The minimum atomic E-state index is -0.217. The molecule has 6 aliphatic rings. The fourth-order valence-electron chi connectivity index (χ4n) is 14.3. The Morgan fingerprint density at radius 3 is 0.618 bits per heavy atom. The van der Waals surface area contributed by atoms with Crippen molar-refractivity contribution in [2.75, 3.05) is 0 Å². The van der Waals surface area contributed by atoms with Gasteiger partial charge in [0.15, 0.2) is 0 Å². The SMILES string of the molecule is Cc1ccc2c(c1)C1(CCCC1)c1cc(C)ccc1-2.Cc1ccc2c(c1)C1(CCCCC1)c1cc(C)ccc1-2.Cc1ccc2c(c1)C1(c3cc(C)ccc3-2)c2cc(C)ccc2-c2ccc(C)cc21. The van der Waals surface area contributed by atoms with E-state index in [0.717, 1.165) is 0 Å². The van der Waals surface area contributed by atoms with Crippen molar-refractivity contribution in [1.29, 1.82) is 0 Å². The van der Waals surface area contributed by atoms with Gasteiger partial charge in [0, 0.05) is 10.8 Å². The molecule has 0 unspecified atom stereocenters. The van der Waals surface area contributed by atoms with Crippen LogP contribution >= 0.6 is 0 Å². The summed E-state index contributed by atoms with van der Waals surface area (Å²) < 4.78 is 0. The molecule has 0 aromatic heterocycles. The summed E-state index contributed by atoms with van der Waals surface area (Å²) in [4.78, 5) is 0. The molecule has 0 aliphatic heterocycles. The molecule has 338 valence electrons. The zero-order valence-corrected chi connectivity index (χ0v) is 41.7. The van der Waals surface area contributed by atoms with E-state index in [4.69, 9.17) is 0 Å². The molecule has 2 saturated carbocycles. The molecule has 6 aliphatic carbocycles. The van der Waals surface area contributed by atoms with Crippen LogP contribution in [0.25, 0.3) is 44.5 Å². The van der Waals surface area contributed by atoms with Gasteiger partial charge >= 0.3 is 0 Å². The van der Waals surface area contributed by atoms with Gasteiger partial charge in [-0.05, 0) is 170 Å². The summed E-state index contributed by atoms with van der Waals surface area (Å²) in [5.74, 6) is 0. The van der Waals surface area contributed by atoms with Gasteiger partial charge in [0.25, 0.3) is 0 Å². The molecule has 0 bridgehead atoms. The molecule has 0 saturated heterocycles. The van der Waals surface area contributed by atoms with Gasteiger partial charge in [-0.3, -0.25) is 0 Å². The van der Waals surface area contributed by atoms with E-state index in [1.807, 2.05) is 0 Å². The maximum atomic E-state index is 2.45. The summed E-state index contributed by atoms with van der Waals surface area (Å²) in [7, 11) is 0. The van der Waals surface area contributed by atoms with Gasteiger partial charge in [0.1, 0.15) is 0 Å². The van der Waals surface area contributed by atoms with Crippen LogP contribution in [0.1, 0.15) is 147 Å². The first-order chi connectivity index (χ1) is 32.9. The second kappa shape index (κ2) is 15.9. The average Bonchev–Trinajstić information content (AvgIpc) is 4.12. The van der Waals surface area contributed by atoms with E-state index in [1.54, 1.807) is 22.3 Å². The lowest BCUT2D eigenvalue weighted by molar-refractivity contribution is 0.352. The Bertz CT molecular complexity index is 3040. The summed E-state index contributed by atoms with van der Waals surface area (Å²) in [5.41, 5.74) is 35.0. The predicted molar refractivity (Wildman–Crippen MR) is 288 cm³/mol. The number of hydrogen-bond acceptors (Lipinski definition) is 0.